The van der Waals surface area contributed by atoms with Crippen LogP contribution in [0.15, 0.2) is 11.8 Å². The zero-order valence-corrected chi connectivity index (χ0v) is 17.1. The van der Waals surface area contributed by atoms with Gasteiger partial charge in [0.2, 0.25) is 5.91 Å². The van der Waals surface area contributed by atoms with Gasteiger partial charge in [0.05, 0.1) is 24.6 Å². The standard InChI is InChI=1S/C21H28N6O3/c28-21(15-3-7-29-8-4-15)25-18-12-22-26-19(18)20-23-16-2-1-14(11-17(16)24-20)13-27-5-9-30-10-6-27/h11-12,15H,1-10,13H2,(H,22,26)(H,23,24)(H,25,28). The number of nitrogens with zero attached hydrogens (tertiary/aromatic N) is 3. The molecule has 0 unspecified atom stereocenters. The second kappa shape index (κ2) is 8.71. The number of aromatic amines is 2. The fourth-order valence-corrected chi connectivity index (χ4v) is 4.33. The molecule has 0 bridgehead atoms. The average Bonchev–Trinajstić information content (AvgIpc) is 3.41. The first kappa shape index (κ1) is 19.5. The average molecular weight is 412 g/mol. The Bertz CT molecular complexity index is 921. The van der Waals surface area contributed by atoms with Crippen LogP contribution in [-0.2, 0) is 20.7 Å². The molecule has 0 radical (unpaired) electrons. The Hall–Kier alpha value is -2.49. The predicted molar refractivity (Wildman–Crippen MR) is 112 cm³/mol. The zero-order valence-electron chi connectivity index (χ0n) is 17.1. The van der Waals surface area contributed by atoms with Gasteiger partial charge in [0.15, 0.2) is 11.5 Å². The number of hydrogen-bond acceptors (Lipinski definition) is 6. The number of aryl methyl sites for hydroxylation is 1. The van der Waals surface area contributed by atoms with Crippen LogP contribution >= 0.6 is 0 Å². The van der Waals surface area contributed by atoms with Gasteiger partial charge in [-0.3, -0.25) is 14.8 Å². The van der Waals surface area contributed by atoms with E-state index < -0.39 is 0 Å². The van der Waals surface area contributed by atoms with Gasteiger partial charge in [-0.05, 0) is 31.8 Å². The zero-order chi connectivity index (χ0) is 20.3. The molecule has 9 nitrogen and oxygen atoms in total. The van der Waals surface area contributed by atoms with Crippen LogP contribution in [-0.4, -0.2) is 77.0 Å². The number of aromatic nitrogens is 4. The molecule has 3 N–H and O–H groups in total. The minimum Gasteiger partial charge on any atom is -0.381 e. The van der Waals surface area contributed by atoms with E-state index in [1.807, 2.05) is 0 Å². The molecular formula is C21H28N6O3. The van der Waals surface area contributed by atoms with Crippen molar-refractivity contribution in [2.24, 2.45) is 5.92 Å². The second-order valence-electron chi connectivity index (χ2n) is 8.16. The Morgan fingerprint density at radius 2 is 1.97 bits per heavy atom. The van der Waals surface area contributed by atoms with Gasteiger partial charge in [0.1, 0.15) is 0 Å². The topological polar surface area (TPSA) is 108 Å². The third-order valence-corrected chi connectivity index (χ3v) is 6.09. The molecule has 30 heavy (non-hydrogen) atoms. The maximum atomic E-state index is 12.6. The van der Waals surface area contributed by atoms with Crippen molar-refractivity contribution in [2.45, 2.75) is 25.7 Å². The Morgan fingerprint density at radius 3 is 2.80 bits per heavy atom. The summed E-state index contributed by atoms with van der Waals surface area (Å²) in [5, 5.41) is 10.2. The molecule has 0 atom stereocenters. The van der Waals surface area contributed by atoms with Crippen molar-refractivity contribution in [2.75, 3.05) is 51.4 Å². The van der Waals surface area contributed by atoms with Gasteiger partial charge in [0, 0.05) is 50.7 Å². The van der Waals surface area contributed by atoms with Gasteiger partial charge >= 0.3 is 0 Å². The summed E-state index contributed by atoms with van der Waals surface area (Å²) in [7, 11) is 0. The number of rotatable bonds is 5. The number of H-pyrrole nitrogens is 2. The summed E-state index contributed by atoms with van der Waals surface area (Å²) in [6.07, 6.45) is 7.39. The van der Waals surface area contributed by atoms with Crippen molar-refractivity contribution in [3.63, 3.8) is 0 Å². The van der Waals surface area contributed by atoms with Gasteiger partial charge in [0.25, 0.3) is 0 Å². The SMILES string of the molecule is O=C(Nc1c[nH]nc1-c1nc2c([nH]1)CCC(CN1CCOCC1)=C2)C1CCOCC1. The Kier molecular flexibility index (Phi) is 5.65. The predicted octanol–water partition coefficient (Wildman–Crippen LogP) is 1.83. The first-order valence-corrected chi connectivity index (χ1v) is 10.8. The van der Waals surface area contributed by atoms with E-state index in [1.54, 1.807) is 6.20 Å². The van der Waals surface area contributed by atoms with Crippen molar-refractivity contribution in [1.82, 2.24) is 25.1 Å². The lowest BCUT2D eigenvalue weighted by Gasteiger charge is -2.28. The molecule has 1 amide bonds. The van der Waals surface area contributed by atoms with E-state index in [2.05, 4.69) is 31.5 Å². The summed E-state index contributed by atoms with van der Waals surface area (Å²) in [6.45, 7) is 5.85. The number of anilines is 1. The number of nitrogens with one attached hydrogen (secondary N) is 3. The first-order valence-electron chi connectivity index (χ1n) is 10.8. The van der Waals surface area contributed by atoms with Gasteiger partial charge < -0.3 is 19.8 Å². The molecule has 0 spiro atoms. The van der Waals surface area contributed by atoms with Crippen molar-refractivity contribution < 1.29 is 14.3 Å². The van der Waals surface area contributed by atoms with Crippen LogP contribution in [0.2, 0.25) is 0 Å². The molecule has 9 heteroatoms. The van der Waals surface area contributed by atoms with Gasteiger partial charge in [-0.25, -0.2) is 4.98 Å². The number of ether oxygens (including phenoxy) is 2. The van der Waals surface area contributed by atoms with Crippen LogP contribution in [0.25, 0.3) is 17.6 Å². The molecule has 0 saturated carbocycles. The van der Waals surface area contributed by atoms with E-state index >= 15 is 0 Å². The van der Waals surface area contributed by atoms with Gasteiger partial charge in [-0.1, -0.05) is 5.57 Å². The number of carbonyl (C=O) groups is 1. The van der Waals surface area contributed by atoms with E-state index in [0.29, 0.717) is 30.4 Å². The highest BCUT2D eigenvalue weighted by molar-refractivity contribution is 5.95. The monoisotopic (exact) mass is 412 g/mol. The highest BCUT2D eigenvalue weighted by Crippen LogP contribution is 2.29. The van der Waals surface area contributed by atoms with Crippen LogP contribution in [0, 0.1) is 5.92 Å². The maximum absolute atomic E-state index is 12.6. The van der Waals surface area contributed by atoms with Crippen LogP contribution < -0.4 is 5.32 Å². The molecule has 1 aliphatic carbocycles. The third-order valence-electron chi connectivity index (χ3n) is 6.09. The van der Waals surface area contributed by atoms with Gasteiger partial charge in [-0.15, -0.1) is 0 Å². The molecular weight excluding hydrogens is 384 g/mol. The van der Waals surface area contributed by atoms with E-state index in [4.69, 9.17) is 14.5 Å². The largest absolute Gasteiger partial charge is 0.381 e. The van der Waals surface area contributed by atoms with E-state index in [-0.39, 0.29) is 11.8 Å². The summed E-state index contributed by atoms with van der Waals surface area (Å²) < 4.78 is 10.8. The summed E-state index contributed by atoms with van der Waals surface area (Å²) in [5.74, 6) is 0.689. The molecule has 3 aliphatic rings. The minimum absolute atomic E-state index is 0.0167. The highest BCUT2D eigenvalue weighted by Gasteiger charge is 2.25. The van der Waals surface area contributed by atoms with Crippen LogP contribution in [0.1, 0.15) is 30.7 Å². The highest BCUT2D eigenvalue weighted by atomic mass is 16.5. The molecule has 160 valence electrons. The summed E-state index contributed by atoms with van der Waals surface area (Å²) in [4.78, 5) is 23.2. The lowest BCUT2D eigenvalue weighted by Crippen LogP contribution is -2.37. The van der Waals surface area contributed by atoms with Gasteiger partial charge in [-0.2, -0.15) is 5.10 Å². The normalized spacial score (nSPS) is 20.6. The first-order chi connectivity index (χ1) is 14.8. The van der Waals surface area contributed by atoms with Crippen LogP contribution in [0.3, 0.4) is 0 Å². The number of carbonyl (C=O) groups excluding carboxylic acids is 1. The number of amides is 1. The fourth-order valence-electron chi connectivity index (χ4n) is 4.33. The van der Waals surface area contributed by atoms with Crippen molar-refractivity contribution >= 4 is 17.7 Å². The van der Waals surface area contributed by atoms with Crippen molar-refractivity contribution in [3.05, 3.63) is 23.2 Å². The molecule has 0 aromatic carbocycles. The summed E-state index contributed by atoms with van der Waals surface area (Å²) in [6, 6.07) is 0. The maximum Gasteiger partial charge on any atom is 0.227 e. The molecule has 5 rings (SSSR count). The number of morpholine rings is 1. The molecule has 2 fully saturated rings. The lowest BCUT2D eigenvalue weighted by atomic mass is 9.99. The van der Waals surface area contributed by atoms with Crippen molar-refractivity contribution in [1.29, 1.82) is 0 Å². The molecule has 2 aliphatic heterocycles. The smallest absolute Gasteiger partial charge is 0.227 e. The number of hydrogen-bond donors (Lipinski definition) is 3. The third kappa shape index (κ3) is 4.19. The Labute approximate surface area is 175 Å². The van der Waals surface area contributed by atoms with Crippen LogP contribution in [0.5, 0.6) is 0 Å². The minimum atomic E-state index is -0.0167. The van der Waals surface area contributed by atoms with Crippen molar-refractivity contribution in [3.8, 4) is 11.5 Å². The van der Waals surface area contributed by atoms with E-state index in [9.17, 15) is 4.79 Å². The molecule has 2 aromatic heterocycles. The molecule has 2 aromatic rings. The quantitative estimate of drug-likeness (QED) is 0.691. The fraction of sp³-hybridized carbons (Fsp3) is 0.571. The summed E-state index contributed by atoms with van der Waals surface area (Å²) >= 11 is 0. The summed E-state index contributed by atoms with van der Waals surface area (Å²) in [5.41, 5.74) is 4.81. The van der Waals surface area contributed by atoms with E-state index in [1.165, 1.54) is 5.57 Å². The number of fused-ring (bicyclic) bond motifs is 1. The Morgan fingerprint density at radius 1 is 1.17 bits per heavy atom. The molecule has 4 heterocycles. The Balaban J connectivity index is 1.30. The molecule has 2 saturated heterocycles. The number of imidazole rings is 1. The lowest BCUT2D eigenvalue weighted by molar-refractivity contribution is -0.122. The second-order valence-corrected chi connectivity index (χ2v) is 8.16. The van der Waals surface area contributed by atoms with E-state index in [0.717, 1.165) is 69.9 Å². The van der Waals surface area contributed by atoms with Crippen LogP contribution in [0.4, 0.5) is 5.69 Å².